The van der Waals surface area contributed by atoms with E-state index in [9.17, 15) is 4.79 Å². The van der Waals surface area contributed by atoms with Crippen LogP contribution in [0.25, 0.3) is 33.2 Å². The monoisotopic (exact) mass is 382 g/mol. The first-order valence-electron chi connectivity index (χ1n) is 9.94. The van der Waals surface area contributed by atoms with Gasteiger partial charge in [-0.15, -0.1) is 0 Å². The van der Waals surface area contributed by atoms with Gasteiger partial charge in [-0.3, -0.25) is 4.79 Å². The second kappa shape index (κ2) is 7.57. The van der Waals surface area contributed by atoms with E-state index in [0.717, 1.165) is 41.1 Å². The lowest BCUT2D eigenvalue weighted by Gasteiger charge is -2.28. The van der Waals surface area contributed by atoms with Gasteiger partial charge in [0.25, 0.3) is 0 Å². The smallest absolute Gasteiger partial charge is 0.191 e. The van der Waals surface area contributed by atoms with Crippen LogP contribution in [-0.4, -0.2) is 31.3 Å². The normalized spacial score (nSPS) is 14.3. The summed E-state index contributed by atoms with van der Waals surface area (Å²) in [6.07, 6.45) is 0. The number of H-pyrrole nitrogens is 1. The van der Waals surface area contributed by atoms with Crippen LogP contribution in [0.1, 0.15) is 0 Å². The van der Waals surface area contributed by atoms with Crippen LogP contribution in [0.2, 0.25) is 0 Å². The minimum atomic E-state index is 0.0429. The molecular weight excluding hydrogens is 360 g/mol. The van der Waals surface area contributed by atoms with Gasteiger partial charge in [-0.2, -0.15) is 0 Å². The summed E-state index contributed by atoms with van der Waals surface area (Å²) in [6.45, 7) is 2.93. The Morgan fingerprint density at radius 3 is 2.31 bits per heavy atom. The molecule has 144 valence electrons. The topological polar surface area (TPSA) is 45.3 Å². The number of nitrogens with zero attached hydrogens (tertiary/aromatic N) is 1. The fraction of sp³-hybridized carbons (Fsp3) is 0.160. The van der Waals surface area contributed by atoms with E-state index in [2.05, 4.69) is 52.3 Å². The van der Waals surface area contributed by atoms with Crippen molar-refractivity contribution in [2.24, 2.45) is 0 Å². The summed E-state index contributed by atoms with van der Waals surface area (Å²) in [6, 6.07) is 26.4. The summed E-state index contributed by atoms with van der Waals surface area (Å²) in [7, 11) is 0. The Morgan fingerprint density at radius 1 is 0.759 bits per heavy atom. The number of rotatable bonds is 3. The van der Waals surface area contributed by atoms with Crippen molar-refractivity contribution in [3.05, 3.63) is 89.1 Å². The number of hydrogen-bond acceptors (Lipinski definition) is 3. The SMILES string of the molecule is O=c1cc(N2CCOCC2)[nH]c2c(-c3cccc(-c4ccccc4)c3)cccc12. The molecule has 1 saturated heterocycles. The van der Waals surface area contributed by atoms with E-state index < -0.39 is 0 Å². The van der Waals surface area contributed by atoms with Gasteiger partial charge in [-0.1, -0.05) is 60.7 Å². The minimum absolute atomic E-state index is 0.0429. The lowest BCUT2D eigenvalue weighted by atomic mass is 9.97. The van der Waals surface area contributed by atoms with Crippen molar-refractivity contribution in [2.45, 2.75) is 0 Å². The summed E-state index contributed by atoms with van der Waals surface area (Å²) >= 11 is 0. The third-order valence-electron chi connectivity index (χ3n) is 5.48. The zero-order chi connectivity index (χ0) is 19.6. The van der Waals surface area contributed by atoms with Gasteiger partial charge < -0.3 is 14.6 Å². The largest absolute Gasteiger partial charge is 0.378 e. The Labute approximate surface area is 169 Å². The summed E-state index contributed by atoms with van der Waals surface area (Å²) in [5.74, 6) is 0.859. The number of benzene rings is 3. The average molecular weight is 382 g/mol. The van der Waals surface area contributed by atoms with Crippen LogP contribution < -0.4 is 10.3 Å². The highest BCUT2D eigenvalue weighted by Gasteiger charge is 2.15. The van der Waals surface area contributed by atoms with Gasteiger partial charge in [0.2, 0.25) is 0 Å². The summed E-state index contributed by atoms with van der Waals surface area (Å²) in [4.78, 5) is 18.6. The van der Waals surface area contributed by atoms with Crippen LogP contribution in [0.15, 0.2) is 83.7 Å². The van der Waals surface area contributed by atoms with Gasteiger partial charge >= 0.3 is 0 Å². The van der Waals surface area contributed by atoms with Crippen LogP contribution in [0.3, 0.4) is 0 Å². The molecule has 5 rings (SSSR count). The molecule has 0 bridgehead atoms. The van der Waals surface area contributed by atoms with Gasteiger partial charge in [0.15, 0.2) is 5.43 Å². The highest BCUT2D eigenvalue weighted by atomic mass is 16.5. The number of anilines is 1. The Hall–Kier alpha value is -3.37. The number of nitrogens with one attached hydrogen (secondary N) is 1. The lowest BCUT2D eigenvalue weighted by Crippen LogP contribution is -2.37. The summed E-state index contributed by atoms with van der Waals surface area (Å²) in [5.41, 5.74) is 5.39. The average Bonchev–Trinajstić information content (AvgIpc) is 2.80. The summed E-state index contributed by atoms with van der Waals surface area (Å²) in [5, 5.41) is 0.713. The van der Waals surface area contributed by atoms with Crippen LogP contribution in [0, 0.1) is 0 Å². The molecule has 0 radical (unpaired) electrons. The quantitative estimate of drug-likeness (QED) is 0.559. The van der Waals surface area contributed by atoms with Crippen LogP contribution in [0.5, 0.6) is 0 Å². The van der Waals surface area contributed by atoms with E-state index in [-0.39, 0.29) is 5.43 Å². The number of aromatic amines is 1. The third-order valence-corrected chi connectivity index (χ3v) is 5.48. The number of fused-ring (bicyclic) bond motifs is 1. The maximum absolute atomic E-state index is 12.8. The fourth-order valence-corrected chi connectivity index (χ4v) is 3.97. The van der Waals surface area contributed by atoms with Gasteiger partial charge in [0, 0.05) is 30.1 Å². The molecule has 4 nitrogen and oxygen atoms in total. The van der Waals surface area contributed by atoms with Crippen LogP contribution >= 0.6 is 0 Å². The zero-order valence-corrected chi connectivity index (χ0v) is 16.1. The molecule has 1 aliphatic rings. The fourth-order valence-electron chi connectivity index (χ4n) is 3.97. The Bertz CT molecular complexity index is 1210. The maximum Gasteiger partial charge on any atom is 0.191 e. The number of para-hydroxylation sites is 1. The number of morpholine rings is 1. The first-order chi connectivity index (χ1) is 14.3. The molecule has 0 unspecified atom stereocenters. The van der Waals surface area contributed by atoms with Crippen LogP contribution in [-0.2, 0) is 4.74 Å². The first-order valence-corrected chi connectivity index (χ1v) is 9.94. The van der Waals surface area contributed by atoms with E-state index in [1.165, 1.54) is 5.56 Å². The number of ether oxygens (including phenoxy) is 1. The molecule has 3 aromatic carbocycles. The molecule has 1 fully saturated rings. The van der Waals surface area contributed by atoms with Crippen molar-refractivity contribution in [3.8, 4) is 22.3 Å². The molecular formula is C25H22N2O2. The minimum Gasteiger partial charge on any atom is -0.378 e. The standard InChI is InChI=1S/C25H22N2O2/c28-23-17-24(27-12-14-29-15-13-27)26-25-21(10-5-11-22(23)25)20-9-4-8-19(16-20)18-6-2-1-3-7-18/h1-11,16-17H,12-15H2,(H,26,28). The van der Waals surface area contributed by atoms with Crippen molar-refractivity contribution >= 4 is 16.7 Å². The zero-order valence-electron chi connectivity index (χ0n) is 16.1. The number of pyridine rings is 1. The third kappa shape index (κ3) is 3.43. The highest BCUT2D eigenvalue weighted by Crippen LogP contribution is 2.30. The van der Waals surface area contributed by atoms with Gasteiger partial charge in [-0.25, -0.2) is 0 Å². The van der Waals surface area contributed by atoms with Crippen molar-refractivity contribution in [2.75, 3.05) is 31.2 Å². The van der Waals surface area contributed by atoms with Crippen molar-refractivity contribution in [1.82, 2.24) is 4.98 Å². The van der Waals surface area contributed by atoms with E-state index in [4.69, 9.17) is 4.74 Å². The Morgan fingerprint density at radius 2 is 1.48 bits per heavy atom. The second-order valence-electron chi connectivity index (χ2n) is 7.29. The van der Waals surface area contributed by atoms with E-state index in [0.29, 0.717) is 18.6 Å². The molecule has 0 atom stereocenters. The molecule has 0 saturated carbocycles. The maximum atomic E-state index is 12.8. The van der Waals surface area contributed by atoms with Crippen LogP contribution in [0.4, 0.5) is 5.82 Å². The number of aromatic nitrogens is 1. The van der Waals surface area contributed by atoms with Gasteiger partial charge in [0.1, 0.15) is 5.82 Å². The Kier molecular flexibility index (Phi) is 4.62. The van der Waals surface area contributed by atoms with E-state index in [1.54, 1.807) is 6.07 Å². The second-order valence-corrected chi connectivity index (χ2v) is 7.29. The Balaban J connectivity index is 1.65. The molecule has 1 N–H and O–H groups in total. The van der Waals surface area contributed by atoms with Crippen molar-refractivity contribution in [3.63, 3.8) is 0 Å². The molecule has 1 aliphatic heterocycles. The summed E-state index contributed by atoms with van der Waals surface area (Å²) < 4.78 is 5.45. The number of hydrogen-bond donors (Lipinski definition) is 1. The molecule has 0 spiro atoms. The molecule has 2 heterocycles. The molecule has 29 heavy (non-hydrogen) atoms. The predicted molar refractivity (Wildman–Crippen MR) is 118 cm³/mol. The first kappa shape index (κ1) is 17.7. The van der Waals surface area contributed by atoms with E-state index in [1.807, 2.05) is 30.3 Å². The van der Waals surface area contributed by atoms with Crippen molar-refractivity contribution in [1.29, 1.82) is 0 Å². The molecule has 1 aromatic heterocycles. The molecule has 4 heteroatoms. The van der Waals surface area contributed by atoms with E-state index >= 15 is 0 Å². The van der Waals surface area contributed by atoms with Crippen molar-refractivity contribution < 1.29 is 4.74 Å². The molecule has 0 aliphatic carbocycles. The van der Waals surface area contributed by atoms with Gasteiger partial charge in [0.05, 0.1) is 18.7 Å². The lowest BCUT2D eigenvalue weighted by molar-refractivity contribution is 0.122. The highest BCUT2D eigenvalue weighted by molar-refractivity contribution is 5.95. The molecule has 0 amide bonds. The molecule has 4 aromatic rings. The predicted octanol–water partition coefficient (Wildman–Crippen LogP) is 4.70. The van der Waals surface area contributed by atoms with Gasteiger partial charge in [-0.05, 0) is 28.8 Å².